The lowest BCUT2D eigenvalue weighted by atomic mass is 10.2. The molecule has 0 saturated heterocycles. The third-order valence-electron chi connectivity index (χ3n) is 2.99. The average molecular weight is 237 g/mol. The van der Waals surface area contributed by atoms with Gasteiger partial charge in [0.05, 0.1) is 12.2 Å². The molecule has 1 aromatic rings. The zero-order valence-electron chi connectivity index (χ0n) is 10.7. The number of aromatic nitrogens is 3. The lowest BCUT2D eigenvalue weighted by Gasteiger charge is -2.27. The molecule has 0 unspecified atom stereocenters. The first-order valence-corrected chi connectivity index (χ1v) is 5.99. The fourth-order valence-electron chi connectivity index (χ4n) is 2.08. The lowest BCUT2D eigenvalue weighted by molar-refractivity contribution is 0.0818. The van der Waals surface area contributed by atoms with Gasteiger partial charge in [-0.05, 0) is 13.0 Å². The number of fused-ring (bicyclic) bond motifs is 1. The van der Waals surface area contributed by atoms with Gasteiger partial charge in [0.1, 0.15) is 0 Å². The number of carbonyl (C=O) groups excluding carboxylic acids is 1. The smallest absolute Gasteiger partial charge is 0.275 e. The van der Waals surface area contributed by atoms with Gasteiger partial charge in [0, 0.05) is 27.2 Å². The second kappa shape index (κ2) is 4.83. The summed E-state index contributed by atoms with van der Waals surface area (Å²) in [7, 11) is 3.47. The van der Waals surface area contributed by atoms with Crippen LogP contribution in [0.3, 0.4) is 0 Å². The van der Waals surface area contributed by atoms with Gasteiger partial charge in [0.2, 0.25) is 0 Å². The Kier molecular flexibility index (Phi) is 3.42. The number of hydrogen-bond donors (Lipinski definition) is 0. The van der Waals surface area contributed by atoms with Crippen molar-refractivity contribution in [3.63, 3.8) is 0 Å². The molecule has 0 bridgehead atoms. The summed E-state index contributed by atoms with van der Waals surface area (Å²) in [4.78, 5) is 15.8. The summed E-state index contributed by atoms with van der Waals surface area (Å²) in [5.74, 6) is -0.0652. The Morgan fingerprint density at radius 2 is 2.18 bits per heavy atom. The van der Waals surface area contributed by atoms with Crippen molar-refractivity contribution in [1.82, 2.24) is 24.8 Å². The highest BCUT2D eigenvalue weighted by atomic mass is 16.2. The SMILES string of the molecule is CCCN1CCn2nnc(C(=O)N(C)C)c2C1. The van der Waals surface area contributed by atoms with Crippen molar-refractivity contribution < 1.29 is 4.79 Å². The zero-order valence-corrected chi connectivity index (χ0v) is 10.7. The Morgan fingerprint density at radius 3 is 2.82 bits per heavy atom. The number of nitrogens with zero attached hydrogens (tertiary/aromatic N) is 5. The molecule has 94 valence electrons. The standard InChI is InChI=1S/C11H19N5O/c1-4-5-15-6-7-16-9(8-15)10(12-13-16)11(17)14(2)3/h4-8H2,1-3H3. The molecule has 0 N–H and O–H groups in total. The Labute approximate surface area is 101 Å². The van der Waals surface area contributed by atoms with E-state index in [-0.39, 0.29) is 5.91 Å². The van der Waals surface area contributed by atoms with Crippen LogP contribution in [-0.2, 0) is 13.1 Å². The monoisotopic (exact) mass is 237 g/mol. The fourth-order valence-corrected chi connectivity index (χ4v) is 2.08. The van der Waals surface area contributed by atoms with Crippen LogP contribution in [0.15, 0.2) is 0 Å². The molecule has 0 saturated carbocycles. The Morgan fingerprint density at radius 1 is 1.41 bits per heavy atom. The molecular formula is C11H19N5O. The fraction of sp³-hybridized carbons (Fsp3) is 0.727. The van der Waals surface area contributed by atoms with Gasteiger partial charge in [-0.25, -0.2) is 4.68 Å². The largest absolute Gasteiger partial charge is 0.343 e. The number of amides is 1. The van der Waals surface area contributed by atoms with E-state index in [4.69, 9.17) is 0 Å². The van der Waals surface area contributed by atoms with Crippen LogP contribution in [0.25, 0.3) is 0 Å². The average Bonchev–Trinajstić information content (AvgIpc) is 2.71. The molecule has 0 aromatic carbocycles. The van der Waals surface area contributed by atoms with Gasteiger partial charge in [-0.1, -0.05) is 12.1 Å². The van der Waals surface area contributed by atoms with Crippen molar-refractivity contribution in [2.24, 2.45) is 0 Å². The minimum atomic E-state index is -0.0652. The van der Waals surface area contributed by atoms with E-state index >= 15 is 0 Å². The molecule has 1 amide bonds. The van der Waals surface area contributed by atoms with Crippen molar-refractivity contribution in [3.05, 3.63) is 11.4 Å². The van der Waals surface area contributed by atoms with Crippen LogP contribution >= 0.6 is 0 Å². The summed E-state index contributed by atoms with van der Waals surface area (Å²) >= 11 is 0. The van der Waals surface area contributed by atoms with E-state index in [0.717, 1.165) is 38.3 Å². The Hall–Kier alpha value is -1.43. The lowest BCUT2D eigenvalue weighted by Crippen LogP contribution is -2.35. The van der Waals surface area contributed by atoms with Gasteiger partial charge in [0.25, 0.3) is 5.91 Å². The molecule has 2 heterocycles. The molecule has 0 fully saturated rings. The molecule has 1 aliphatic heterocycles. The summed E-state index contributed by atoms with van der Waals surface area (Å²) in [6.07, 6.45) is 1.12. The second-order valence-electron chi connectivity index (χ2n) is 4.58. The number of rotatable bonds is 3. The molecule has 0 atom stereocenters. The minimum absolute atomic E-state index is 0.0652. The first kappa shape index (κ1) is 12.0. The normalized spacial score (nSPS) is 15.7. The molecule has 17 heavy (non-hydrogen) atoms. The van der Waals surface area contributed by atoms with Gasteiger partial charge in [-0.3, -0.25) is 9.69 Å². The summed E-state index contributed by atoms with van der Waals surface area (Å²) < 4.78 is 1.85. The quantitative estimate of drug-likeness (QED) is 0.754. The van der Waals surface area contributed by atoms with E-state index in [1.807, 2.05) is 4.68 Å². The van der Waals surface area contributed by atoms with E-state index < -0.39 is 0 Å². The Balaban J connectivity index is 2.22. The maximum atomic E-state index is 11.9. The summed E-state index contributed by atoms with van der Waals surface area (Å²) in [6, 6.07) is 0. The van der Waals surface area contributed by atoms with E-state index in [1.165, 1.54) is 0 Å². The highest BCUT2D eigenvalue weighted by molar-refractivity contribution is 5.92. The van der Waals surface area contributed by atoms with Crippen LogP contribution in [0, 0.1) is 0 Å². The summed E-state index contributed by atoms with van der Waals surface area (Å²) in [5.41, 5.74) is 1.44. The Bertz CT molecular complexity index is 412. The molecule has 0 aliphatic carbocycles. The second-order valence-corrected chi connectivity index (χ2v) is 4.58. The van der Waals surface area contributed by atoms with Crippen LogP contribution in [-0.4, -0.2) is 57.9 Å². The molecule has 6 nitrogen and oxygen atoms in total. The number of carbonyl (C=O) groups is 1. The van der Waals surface area contributed by atoms with E-state index in [0.29, 0.717) is 5.69 Å². The van der Waals surface area contributed by atoms with Gasteiger partial charge in [-0.2, -0.15) is 0 Å². The molecule has 1 aromatic heterocycles. The first-order chi connectivity index (χ1) is 8.13. The van der Waals surface area contributed by atoms with E-state index in [2.05, 4.69) is 22.1 Å². The van der Waals surface area contributed by atoms with Crippen LogP contribution < -0.4 is 0 Å². The minimum Gasteiger partial charge on any atom is -0.343 e. The molecule has 0 spiro atoms. The molecule has 1 aliphatic rings. The van der Waals surface area contributed by atoms with Crippen LogP contribution in [0.5, 0.6) is 0 Å². The summed E-state index contributed by atoms with van der Waals surface area (Å²) in [6.45, 7) is 5.80. The zero-order chi connectivity index (χ0) is 12.4. The highest BCUT2D eigenvalue weighted by Crippen LogP contribution is 2.15. The molecule has 2 rings (SSSR count). The predicted molar refractivity (Wildman–Crippen MR) is 63.6 cm³/mol. The molecular weight excluding hydrogens is 218 g/mol. The topological polar surface area (TPSA) is 54.3 Å². The van der Waals surface area contributed by atoms with Gasteiger partial charge in [0.15, 0.2) is 5.69 Å². The van der Waals surface area contributed by atoms with Crippen molar-refractivity contribution >= 4 is 5.91 Å². The van der Waals surface area contributed by atoms with Crippen molar-refractivity contribution in [2.75, 3.05) is 27.2 Å². The first-order valence-electron chi connectivity index (χ1n) is 5.99. The van der Waals surface area contributed by atoms with Gasteiger partial charge in [-0.15, -0.1) is 5.10 Å². The number of hydrogen-bond acceptors (Lipinski definition) is 4. The van der Waals surface area contributed by atoms with Crippen LogP contribution in [0.2, 0.25) is 0 Å². The van der Waals surface area contributed by atoms with Gasteiger partial charge < -0.3 is 4.90 Å². The van der Waals surface area contributed by atoms with Crippen molar-refractivity contribution in [3.8, 4) is 0 Å². The maximum absolute atomic E-state index is 11.9. The summed E-state index contributed by atoms with van der Waals surface area (Å²) in [5, 5.41) is 8.06. The predicted octanol–water partition coefficient (Wildman–Crippen LogP) is 0.206. The third kappa shape index (κ3) is 2.31. The van der Waals surface area contributed by atoms with Crippen LogP contribution in [0.1, 0.15) is 29.5 Å². The van der Waals surface area contributed by atoms with Gasteiger partial charge >= 0.3 is 0 Å². The van der Waals surface area contributed by atoms with Crippen molar-refractivity contribution in [1.29, 1.82) is 0 Å². The molecule has 0 radical (unpaired) electrons. The molecule has 6 heteroatoms. The van der Waals surface area contributed by atoms with Crippen molar-refractivity contribution in [2.45, 2.75) is 26.4 Å². The third-order valence-corrected chi connectivity index (χ3v) is 2.99. The van der Waals surface area contributed by atoms with E-state index in [1.54, 1.807) is 19.0 Å². The maximum Gasteiger partial charge on any atom is 0.275 e. The highest BCUT2D eigenvalue weighted by Gasteiger charge is 2.25. The van der Waals surface area contributed by atoms with E-state index in [9.17, 15) is 4.79 Å². The van der Waals surface area contributed by atoms with Crippen LogP contribution in [0.4, 0.5) is 0 Å².